The summed E-state index contributed by atoms with van der Waals surface area (Å²) in [5, 5.41) is 3.04. The fraction of sp³-hybridized carbons (Fsp3) is 0.478. The number of rotatable bonds is 4. The number of nitrogens with zero attached hydrogens (tertiary/aromatic N) is 4. The highest BCUT2D eigenvalue weighted by atomic mass is 19.4. The van der Waals surface area contributed by atoms with Gasteiger partial charge in [-0.15, -0.1) is 0 Å². The van der Waals surface area contributed by atoms with Gasteiger partial charge >= 0.3 is 6.18 Å². The van der Waals surface area contributed by atoms with Gasteiger partial charge in [0.1, 0.15) is 5.82 Å². The smallest absolute Gasteiger partial charge is 0.367 e. The number of amides is 1. The molecule has 2 fully saturated rings. The number of hydrogen-bond acceptors (Lipinski definition) is 5. The molecule has 0 saturated carbocycles. The van der Waals surface area contributed by atoms with E-state index in [4.69, 9.17) is 0 Å². The number of piperidine rings is 1. The molecule has 2 aliphatic rings. The molecule has 0 bridgehead atoms. The average molecular weight is 448 g/mol. The Morgan fingerprint density at radius 3 is 2.53 bits per heavy atom. The average Bonchev–Trinajstić information content (AvgIpc) is 2.79. The zero-order valence-electron chi connectivity index (χ0n) is 18.1. The third-order valence-corrected chi connectivity index (χ3v) is 6.19. The third-order valence-electron chi connectivity index (χ3n) is 6.19. The lowest BCUT2D eigenvalue weighted by atomic mass is 9.96. The zero-order chi connectivity index (χ0) is 22.7. The van der Waals surface area contributed by atoms with E-state index in [1.165, 1.54) is 12.3 Å². The van der Waals surface area contributed by atoms with Crippen molar-refractivity contribution in [1.82, 2.24) is 9.88 Å². The molecule has 2 saturated heterocycles. The van der Waals surface area contributed by atoms with Crippen molar-refractivity contribution in [2.45, 2.75) is 19.0 Å². The first-order valence-corrected chi connectivity index (χ1v) is 10.9. The molecule has 2 aromatic rings. The number of pyridine rings is 1. The molecule has 1 atom stereocenters. The fourth-order valence-corrected chi connectivity index (χ4v) is 4.39. The molecule has 1 aromatic carbocycles. The Bertz CT molecular complexity index is 943. The highest BCUT2D eigenvalue weighted by molar-refractivity contribution is 5.96. The summed E-state index contributed by atoms with van der Waals surface area (Å²) in [5.74, 6) is -0.677. The zero-order valence-corrected chi connectivity index (χ0v) is 18.1. The number of aromatic nitrogens is 1. The van der Waals surface area contributed by atoms with Crippen molar-refractivity contribution in [3.63, 3.8) is 0 Å². The molecule has 0 aliphatic carbocycles. The minimum Gasteiger partial charge on any atom is -0.367 e. The summed E-state index contributed by atoms with van der Waals surface area (Å²) in [7, 11) is 2.09. The summed E-state index contributed by atoms with van der Waals surface area (Å²) < 4.78 is 40.3. The van der Waals surface area contributed by atoms with E-state index in [1.807, 2.05) is 24.3 Å². The molecule has 6 nitrogen and oxygen atoms in total. The van der Waals surface area contributed by atoms with Crippen LogP contribution in [0.25, 0.3) is 0 Å². The first kappa shape index (κ1) is 22.4. The molecule has 0 spiro atoms. The highest BCUT2D eigenvalue weighted by Crippen LogP contribution is 2.36. The lowest BCUT2D eigenvalue weighted by molar-refractivity contribution is -0.137. The van der Waals surface area contributed by atoms with Crippen molar-refractivity contribution in [2.75, 3.05) is 61.4 Å². The van der Waals surface area contributed by atoms with Gasteiger partial charge in [-0.3, -0.25) is 4.79 Å². The van der Waals surface area contributed by atoms with Crippen molar-refractivity contribution in [2.24, 2.45) is 5.92 Å². The Morgan fingerprint density at radius 1 is 1.03 bits per heavy atom. The van der Waals surface area contributed by atoms with Crippen molar-refractivity contribution in [3.05, 3.63) is 48.2 Å². The van der Waals surface area contributed by atoms with E-state index in [9.17, 15) is 18.0 Å². The van der Waals surface area contributed by atoms with Gasteiger partial charge < -0.3 is 20.0 Å². The van der Waals surface area contributed by atoms with Crippen LogP contribution < -0.4 is 15.1 Å². The highest BCUT2D eigenvalue weighted by Gasteiger charge is 2.37. The Labute approximate surface area is 186 Å². The molecular weight excluding hydrogens is 419 g/mol. The number of likely N-dealkylation sites (N-methyl/N-ethyl adjacent to an activating group) is 1. The van der Waals surface area contributed by atoms with Crippen LogP contribution in [0.3, 0.4) is 0 Å². The minimum absolute atomic E-state index is 0.102. The van der Waals surface area contributed by atoms with Crippen molar-refractivity contribution < 1.29 is 18.0 Å². The van der Waals surface area contributed by atoms with Crippen molar-refractivity contribution in [3.8, 4) is 0 Å². The topological polar surface area (TPSA) is 51.7 Å². The van der Waals surface area contributed by atoms with Crippen molar-refractivity contribution in [1.29, 1.82) is 0 Å². The number of carbonyl (C=O) groups is 1. The van der Waals surface area contributed by atoms with Crippen LogP contribution in [0, 0.1) is 5.92 Å². The van der Waals surface area contributed by atoms with Gasteiger partial charge in [-0.05, 0) is 44.2 Å². The number of halogens is 3. The van der Waals surface area contributed by atoms with E-state index in [0.29, 0.717) is 19.4 Å². The number of alkyl halides is 3. The van der Waals surface area contributed by atoms with Crippen LogP contribution >= 0.6 is 0 Å². The molecule has 1 unspecified atom stereocenters. The predicted octanol–water partition coefficient (Wildman–Crippen LogP) is 3.71. The van der Waals surface area contributed by atoms with Gasteiger partial charge in [-0.2, -0.15) is 13.2 Å². The minimum atomic E-state index is -4.49. The predicted molar refractivity (Wildman–Crippen MR) is 119 cm³/mol. The fourth-order valence-electron chi connectivity index (χ4n) is 4.39. The summed E-state index contributed by atoms with van der Waals surface area (Å²) in [6.45, 7) is 4.31. The maximum Gasteiger partial charge on any atom is 0.419 e. The molecule has 4 rings (SSSR count). The molecule has 0 radical (unpaired) electrons. The molecule has 172 valence electrons. The molecule has 32 heavy (non-hydrogen) atoms. The van der Waals surface area contributed by atoms with Gasteiger partial charge in [0.15, 0.2) is 0 Å². The molecule has 1 N–H and O–H groups in total. The van der Waals surface area contributed by atoms with Gasteiger partial charge in [0.05, 0.1) is 22.9 Å². The number of nitrogens with one attached hydrogen (secondary N) is 1. The summed E-state index contributed by atoms with van der Waals surface area (Å²) in [6.07, 6.45) is -1.86. The number of carbonyl (C=O) groups excluding carboxylic acids is 1. The quantitative estimate of drug-likeness (QED) is 0.775. The van der Waals surface area contributed by atoms with E-state index in [0.717, 1.165) is 43.6 Å². The summed E-state index contributed by atoms with van der Waals surface area (Å²) in [6, 6.07) is 10.0. The van der Waals surface area contributed by atoms with E-state index in [2.05, 4.69) is 27.1 Å². The lowest BCUT2D eigenvalue weighted by Gasteiger charge is -2.36. The SMILES string of the molecule is CN1CCN(c2ccccc2NC(=O)C2CCCN(c3ncccc3C(F)(F)F)C2)CC1. The second-order valence-electron chi connectivity index (χ2n) is 8.45. The maximum absolute atomic E-state index is 13.4. The van der Waals surface area contributed by atoms with Crippen LogP contribution in [0.5, 0.6) is 0 Å². The van der Waals surface area contributed by atoms with Gasteiger partial charge in [-0.1, -0.05) is 12.1 Å². The van der Waals surface area contributed by atoms with Crippen LogP contribution in [0.2, 0.25) is 0 Å². The van der Waals surface area contributed by atoms with E-state index in [1.54, 1.807) is 4.90 Å². The van der Waals surface area contributed by atoms with Crippen LogP contribution in [-0.4, -0.2) is 62.1 Å². The molecule has 1 aromatic heterocycles. The van der Waals surface area contributed by atoms with Gasteiger partial charge in [0, 0.05) is 45.5 Å². The molecule has 1 amide bonds. The summed E-state index contributed by atoms with van der Waals surface area (Å²) in [4.78, 5) is 23.2. The molecular formula is C23H28F3N5O. The summed E-state index contributed by atoms with van der Waals surface area (Å²) in [5.41, 5.74) is 0.958. The molecule has 9 heteroatoms. The number of anilines is 3. The number of piperazine rings is 1. The van der Waals surface area contributed by atoms with Gasteiger partial charge in [-0.25, -0.2) is 4.98 Å². The molecule has 2 aliphatic heterocycles. The second kappa shape index (κ2) is 9.36. The largest absolute Gasteiger partial charge is 0.419 e. The maximum atomic E-state index is 13.4. The van der Waals surface area contributed by atoms with Crippen LogP contribution in [0.15, 0.2) is 42.6 Å². The first-order valence-electron chi connectivity index (χ1n) is 10.9. The van der Waals surface area contributed by atoms with Crippen LogP contribution in [-0.2, 0) is 11.0 Å². The van der Waals surface area contributed by atoms with Gasteiger partial charge in [0.25, 0.3) is 0 Å². The van der Waals surface area contributed by atoms with E-state index in [-0.39, 0.29) is 18.3 Å². The standard InChI is InChI=1S/C23H28F3N5O/c1-29-12-14-30(15-13-29)20-9-3-2-8-19(20)28-22(32)17-6-5-11-31(16-17)21-18(23(24,25)26)7-4-10-27-21/h2-4,7-10,17H,5-6,11-16H2,1H3,(H,28,32). The Balaban J connectivity index is 1.48. The van der Waals surface area contributed by atoms with Crippen LogP contribution in [0.4, 0.5) is 30.4 Å². The number of hydrogen-bond donors (Lipinski definition) is 1. The number of benzene rings is 1. The Morgan fingerprint density at radius 2 is 1.78 bits per heavy atom. The normalized spacial score (nSPS) is 20.3. The van der Waals surface area contributed by atoms with Crippen molar-refractivity contribution >= 4 is 23.1 Å². The second-order valence-corrected chi connectivity index (χ2v) is 8.45. The van der Waals surface area contributed by atoms with E-state index >= 15 is 0 Å². The number of para-hydroxylation sites is 2. The monoisotopic (exact) mass is 447 g/mol. The first-order chi connectivity index (χ1) is 15.3. The Kier molecular flexibility index (Phi) is 6.55. The summed E-state index contributed by atoms with van der Waals surface area (Å²) >= 11 is 0. The Hall–Kier alpha value is -2.81. The third kappa shape index (κ3) is 4.98. The molecule has 3 heterocycles. The lowest BCUT2D eigenvalue weighted by Crippen LogP contribution is -2.45. The van der Waals surface area contributed by atoms with E-state index < -0.39 is 17.7 Å². The van der Waals surface area contributed by atoms with Crippen LogP contribution in [0.1, 0.15) is 18.4 Å². The van der Waals surface area contributed by atoms with Gasteiger partial charge in [0.2, 0.25) is 5.91 Å².